The van der Waals surface area contributed by atoms with Crippen molar-refractivity contribution in [3.05, 3.63) is 57.1 Å². The van der Waals surface area contributed by atoms with Crippen LogP contribution in [0.25, 0.3) is 0 Å². The van der Waals surface area contributed by atoms with Crippen LogP contribution >= 0.6 is 15.9 Å². The van der Waals surface area contributed by atoms with Crippen LogP contribution in [0.2, 0.25) is 0 Å². The molecule has 0 radical (unpaired) electrons. The molecule has 0 aromatic heterocycles. The number of ether oxygens (including phenoxy) is 1. The van der Waals surface area contributed by atoms with Crippen LogP contribution in [0.3, 0.4) is 0 Å². The van der Waals surface area contributed by atoms with E-state index in [-0.39, 0.29) is 29.5 Å². The first-order valence-corrected chi connectivity index (χ1v) is 8.82. The number of fused-ring (bicyclic) bond motifs is 1. The molecule has 0 spiro atoms. The molecule has 1 aliphatic rings. The average molecular weight is 399 g/mol. The number of rotatable bonds is 2. The molecule has 0 N–H and O–H groups in total. The van der Waals surface area contributed by atoms with E-state index in [0.29, 0.717) is 5.69 Å². The second-order valence-electron chi connectivity index (χ2n) is 4.79. The van der Waals surface area contributed by atoms with E-state index in [1.54, 1.807) is 24.3 Å². The zero-order chi connectivity index (χ0) is 16.6. The molecule has 0 saturated carbocycles. The predicted octanol–water partition coefficient (Wildman–Crippen LogP) is 2.95. The third-order valence-corrected chi connectivity index (χ3v) is 5.75. The third kappa shape index (κ3) is 2.89. The fourth-order valence-electron chi connectivity index (χ4n) is 2.28. The van der Waals surface area contributed by atoms with Crippen molar-refractivity contribution in [1.29, 1.82) is 0 Å². The van der Waals surface area contributed by atoms with Crippen LogP contribution in [-0.4, -0.2) is 26.5 Å². The molecule has 0 atom stereocenters. The van der Waals surface area contributed by atoms with E-state index >= 15 is 0 Å². The van der Waals surface area contributed by atoms with Crippen molar-refractivity contribution in [2.24, 2.45) is 0 Å². The smallest absolute Gasteiger partial charge is 0.271 e. The number of hydrogen-bond donors (Lipinski definition) is 0. The maximum atomic E-state index is 12.9. The second kappa shape index (κ2) is 5.82. The van der Waals surface area contributed by atoms with Crippen molar-refractivity contribution >= 4 is 37.3 Å². The lowest BCUT2D eigenvalue weighted by Gasteiger charge is -2.21. The number of anilines is 1. The summed E-state index contributed by atoms with van der Waals surface area (Å²) in [5.41, 5.74) is 0.171. The van der Waals surface area contributed by atoms with E-state index in [0.717, 1.165) is 10.5 Å². The molecule has 2 aromatic rings. The Hall–Kier alpha value is -2.13. The third-order valence-electron chi connectivity index (χ3n) is 3.37. The van der Waals surface area contributed by atoms with Gasteiger partial charge in [-0.05, 0) is 30.3 Å². The molecule has 3 rings (SSSR count). The summed E-state index contributed by atoms with van der Waals surface area (Å²) in [5.74, 6) is 0.121. The molecule has 23 heavy (non-hydrogen) atoms. The summed E-state index contributed by atoms with van der Waals surface area (Å²) in [6, 6.07) is 10.3. The van der Waals surface area contributed by atoms with E-state index in [1.807, 2.05) is 0 Å². The highest BCUT2D eigenvalue weighted by Gasteiger charge is 2.32. The van der Waals surface area contributed by atoms with Gasteiger partial charge in [0.25, 0.3) is 15.7 Å². The molecule has 0 bridgehead atoms. The number of nitro benzene ring substituents is 1. The monoisotopic (exact) mass is 398 g/mol. The fraction of sp³-hybridized carbons (Fsp3) is 0.143. The standard InChI is InChI=1S/C14H11BrN2O5S/c15-10-1-3-11(4-2-10)16-7-8-22-13-6-5-12(17(18)19)9-14(13)23(16,20)21/h1-6,9H,7-8H2. The molecule has 0 aliphatic carbocycles. The summed E-state index contributed by atoms with van der Waals surface area (Å²) in [4.78, 5) is 10.1. The van der Waals surface area contributed by atoms with Gasteiger partial charge in [0, 0.05) is 16.6 Å². The Labute approximate surface area is 140 Å². The average Bonchev–Trinajstić information content (AvgIpc) is 2.64. The summed E-state index contributed by atoms with van der Waals surface area (Å²) >= 11 is 3.30. The van der Waals surface area contributed by atoms with Crippen LogP contribution in [0, 0.1) is 10.1 Å². The maximum Gasteiger partial charge on any atom is 0.271 e. The van der Waals surface area contributed by atoms with Gasteiger partial charge in [-0.25, -0.2) is 8.42 Å². The molecule has 120 valence electrons. The molecule has 2 aromatic carbocycles. The lowest BCUT2D eigenvalue weighted by atomic mass is 10.3. The fourth-order valence-corrected chi connectivity index (χ4v) is 4.15. The number of halogens is 1. The minimum absolute atomic E-state index is 0.118. The normalized spacial score (nSPS) is 16.1. The van der Waals surface area contributed by atoms with Crippen molar-refractivity contribution in [2.45, 2.75) is 4.90 Å². The number of benzene rings is 2. The van der Waals surface area contributed by atoms with E-state index in [9.17, 15) is 18.5 Å². The Bertz CT molecular complexity index is 867. The minimum Gasteiger partial charge on any atom is -0.490 e. The molecule has 0 amide bonds. The minimum atomic E-state index is -3.95. The van der Waals surface area contributed by atoms with Gasteiger partial charge >= 0.3 is 0 Å². The summed E-state index contributed by atoms with van der Waals surface area (Å²) in [5, 5.41) is 10.9. The van der Waals surface area contributed by atoms with Crippen molar-refractivity contribution in [1.82, 2.24) is 0 Å². The van der Waals surface area contributed by atoms with Crippen molar-refractivity contribution in [2.75, 3.05) is 17.5 Å². The van der Waals surface area contributed by atoms with Gasteiger partial charge in [-0.2, -0.15) is 0 Å². The first-order valence-electron chi connectivity index (χ1n) is 6.59. The highest BCUT2D eigenvalue weighted by Crippen LogP contribution is 2.35. The summed E-state index contributed by atoms with van der Waals surface area (Å²) in [6.45, 7) is 0.270. The first-order chi connectivity index (χ1) is 10.9. The zero-order valence-electron chi connectivity index (χ0n) is 11.7. The summed E-state index contributed by atoms with van der Waals surface area (Å²) in [6.07, 6.45) is 0. The van der Waals surface area contributed by atoms with Crippen LogP contribution < -0.4 is 9.04 Å². The Morgan fingerprint density at radius 1 is 1.17 bits per heavy atom. The number of non-ortho nitro benzene ring substituents is 1. The van der Waals surface area contributed by atoms with Crippen LogP contribution in [0.4, 0.5) is 11.4 Å². The van der Waals surface area contributed by atoms with Crippen molar-refractivity contribution in [3.8, 4) is 5.75 Å². The topological polar surface area (TPSA) is 89.8 Å². The molecular weight excluding hydrogens is 388 g/mol. The molecule has 1 aliphatic heterocycles. The van der Waals surface area contributed by atoms with Crippen LogP contribution in [0.15, 0.2) is 51.8 Å². The van der Waals surface area contributed by atoms with Gasteiger partial charge in [-0.1, -0.05) is 15.9 Å². The maximum absolute atomic E-state index is 12.9. The number of nitrogens with zero attached hydrogens (tertiary/aromatic N) is 2. The molecule has 1 heterocycles. The van der Waals surface area contributed by atoms with Crippen LogP contribution in [-0.2, 0) is 10.0 Å². The van der Waals surface area contributed by atoms with Crippen molar-refractivity contribution in [3.63, 3.8) is 0 Å². The number of nitro groups is 1. The largest absolute Gasteiger partial charge is 0.490 e. The Kier molecular flexibility index (Phi) is 3.99. The molecule has 9 heteroatoms. The molecule has 0 fully saturated rings. The van der Waals surface area contributed by atoms with Gasteiger partial charge in [0.2, 0.25) is 0 Å². The quantitative estimate of drug-likeness (QED) is 0.572. The molecule has 0 saturated heterocycles. The van der Waals surface area contributed by atoms with Gasteiger partial charge in [-0.3, -0.25) is 14.4 Å². The van der Waals surface area contributed by atoms with Gasteiger partial charge in [-0.15, -0.1) is 0 Å². The van der Waals surface area contributed by atoms with Gasteiger partial charge in [0.05, 0.1) is 17.2 Å². The lowest BCUT2D eigenvalue weighted by Crippen LogP contribution is -2.32. The van der Waals surface area contributed by atoms with E-state index < -0.39 is 14.9 Å². The molecule has 7 nitrogen and oxygen atoms in total. The Morgan fingerprint density at radius 3 is 2.52 bits per heavy atom. The van der Waals surface area contributed by atoms with Gasteiger partial charge in [0.15, 0.2) is 0 Å². The van der Waals surface area contributed by atoms with Gasteiger partial charge < -0.3 is 4.74 Å². The van der Waals surface area contributed by atoms with Crippen LogP contribution in [0.5, 0.6) is 5.75 Å². The second-order valence-corrected chi connectivity index (χ2v) is 7.54. The number of sulfonamides is 1. The Balaban J connectivity index is 2.14. The predicted molar refractivity (Wildman–Crippen MR) is 87.3 cm³/mol. The van der Waals surface area contributed by atoms with Gasteiger partial charge in [0.1, 0.15) is 17.3 Å². The van der Waals surface area contributed by atoms with E-state index in [2.05, 4.69) is 15.9 Å². The highest BCUT2D eigenvalue weighted by atomic mass is 79.9. The molecule has 0 unspecified atom stereocenters. The Morgan fingerprint density at radius 2 is 1.87 bits per heavy atom. The van der Waals surface area contributed by atoms with Crippen molar-refractivity contribution < 1.29 is 18.1 Å². The number of hydrogen-bond acceptors (Lipinski definition) is 5. The van der Waals surface area contributed by atoms with E-state index in [4.69, 9.17) is 4.74 Å². The van der Waals surface area contributed by atoms with E-state index in [1.165, 1.54) is 16.4 Å². The zero-order valence-corrected chi connectivity index (χ0v) is 14.1. The SMILES string of the molecule is O=[N+]([O-])c1ccc2c(c1)S(=O)(=O)N(c1ccc(Br)cc1)CCO2. The van der Waals surface area contributed by atoms with Crippen LogP contribution in [0.1, 0.15) is 0 Å². The highest BCUT2D eigenvalue weighted by molar-refractivity contribution is 9.10. The summed E-state index contributed by atoms with van der Waals surface area (Å²) < 4.78 is 33.2. The first kappa shape index (κ1) is 15.8. The summed E-state index contributed by atoms with van der Waals surface area (Å²) in [7, 11) is -3.95. The molecular formula is C14H11BrN2O5S. The lowest BCUT2D eigenvalue weighted by molar-refractivity contribution is -0.385.